The van der Waals surface area contributed by atoms with Crippen LogP contribution >= 0.6 is 27.7 Å². The molecule has 2 heterocycles. The molecular formula is C22H19BrN6OS. The molecule has 31 heavy (non-hydrogen) atoms. The number of hydrogen-bond donors (Lipinski definition) is 1. The summed E-state index contributed by atoms with van der Waals surface area (Å²) in [5, 5.41) is 13.4. The number of carbonyl (C=O) groups is 1. The third-order valence-corrected chi connectivity index (χ3v) is 5.91. The van der Waals surface area contributed by atoms with Crippen LogP contribution in [0.5, 0.6) is 0 Å². The number of nitrogens with zero attached hydrogens (tertiary/aromatic N) is 5. The van der Waals surface area contributed by atoms with Crippen LogP contribution in [0.2, 0.25) is 0 Å². The summed E-state index contributed by atoms with van der Waals surface area (Å²) >= 11 is 4.77. The second-order valence-corrected chi connectivity index (χ2v) is 8.47. The normalized spacial score (nSPS) is 11.2. The lowest BCUT2D eigenvalue weighted by molar-refractivity contribution is -0.118. The van der Waals surface area contributed by atoms with Crippen LogP contribution in [0.1, 0.15) is 5.69 Å². The van der Waals surface area contributed by atoms with Crippen LogP contribution in [0.25, 0.3) is 17.1 Å². The zero-order valence-corrected chi connectivity index (χ0v) is 19.0. The Balaban J connectivity index is 1.51. The Hall–Kier alpha value is -3.17. The average molecular weight is 495 g/mol. The van der Waals surface area contributed by atoms with Gasteiger partial charge in [0.05, 0.1) is 17.7 Å². The summed E-state index contributed by atoms with van der Waals surface area (Å²) < 4.78 is 4.86. The molecule has 0 unspecified atom stereocenters. The van der Waals surface area contributed by atoms with Gasteiger partial charge in [-0.15, -0.1) is 10.2 Å². The quantitative estimate of drug-likeness (QED) is 0.236. The highest BCUT2D eigenvalue weighted by Crippen LogP contribution is 2.28. The van der Waals surface area contributed by atoms with Crippen molar-refractivity contribution in [2.75, 3.05) is 5.75 Å². The van der Waals surface area contributed by atoms with Gasteiger partial charge >= 0.3 is 0 Å². The Morgan fingerprint density at radius 2 is 1.87 bits per heavy atom. The Bertz CT molecular complexity index is 1200. The number of aromatic nitrogens is 4. The first-order valence-corrected chi connectivity index (χ1v) is 11.2. The first kappa shape index (κ1) is 21.1. The van der Waals surface area contributed by atoms with Crippen LogP contribution in [0, 0.1) is 0 Å². The van der Waals surface area contributed by atoms with Crippen molar-refractivity contribution in [3.8, 4) is 17.1 Å². The van der Waals surface area contributed by atoms with E-state index in [1.165, 1.54) is 11.8 Å². The van der Waals surface area contributed by atoms with Gasteiger partial charge in [-0.25, -0.2) is 5.43 Å². The number of amides is 1. The zero-order chi connectivity index (χ0) is 21.6. The molecule has 0 fully saturated rings. The van der Waals surface area contributed by atoms with Crippen molar-refractivity contribution in [1.82, 2.24) is 24.8 Å². The van der Waals surface area contributed by atoms with Crippen LogP contribution in [-0.4, -0.2) is 37.2 Å². The number of rotatable bonds is 7. The lowest BCUT2D eigenvalue weighted by Crippen LogP contribution is -2.20. The van der Waals surface area contributed by atoms with E-state index in [2.05, 4.69) is 36.7 Å². The number of aryl methyl sites for hydroxylation is 1. The van der Waals surface area contributed by atoms with E-state index in [4.69, 9.17) is 0 Å². The maximum atomic E-state index is 12.3. The minimum atomic E-state index is -0.219. The third kappa shape index (κ3) is 5.12. The van der Waals surface area contributed by atoms with Gasteiger partial charge in [0.15, 0.2) is 11.0 Å². The minimum absolute atomic E-state index is 0.162. The Morgan fingerprint density at radius 3 is 2.58 bits per heavy atom. The van der Waals surface area contributed by atoms with Gasteiger partial charge in [0, 0.05) is 29.0 Å². The maximum Gasteiger partial charge on any atom is 0.250 e. The Morgan fingerprint density at radius 1 is 1.10 bits per heavy atom. The van der Waals surface area contributed by atoms with Gasteiger partial charge in [-0.3, -0.25) is 9.36 Å². The molecule has 4 rings (SSSR count). The highest BCUT2D eigenvalue weighted by Gasteiger charge is 2.17. The monoisotopic (exact) mass is 494 g/mol. The molecule has 0 bridgehead atoms. The lowest BCUT2D eigenvalue weighted by Gasteiger charge is -2.10. The predicted octanol–water partition coefficient (Wildman–Crippen LogP) is 4.28. The molecule has 0 atom stereocenters. The highest BCUT2D eigenvalue weighted by atomic mass is 79.9. The number of thioether (sulfide) groups is 1. The van der Waals surface area contributed by atoms with Crippen molar-refractivity contribution in [2.24, 2.45) is 12.1 Å². The molecular weight excluding hydrogens is 476 g/mol. The van der Waals surface area contributed by atoms with Crippen LogP contribution in [-0.2, 0) is 11.8 Å². The molecule has 0 radical (unpaired) electrons. The van der Waals surface area contributed by atoms with E-state index in [1.807, 2.05) is 89.1 Å². The van der Waals surface area contributed by atoms with E-state index in [9.17, 15) is 4.79 Å². The van der Waals surface area contributed by atoms with E-state index >= 15 is 0 Å². The smallest absolute Gasteiger partial charge is 0.250 e. The van der Waals surface area contributed by atoms with Gasteiger partial charge in [0.25, 0.3) is 5.91 Å². The number of para-hydroxylation sites is 1. The molecule has 1 amide bonds. The van der Waals surface area contributed by atoms with Gasteiger partial charge < -0.3 is 4.57 Å². The second-order valence-electron chi connectivity index (χ2n) is 6.61. The fraction of sp³-hybridized carbons (Fsp3) is 0.0909. The van der Waals surface area contributed by atoms with E-state index < -0.39 is 0 Å². The lowest BCUT2D eigenvalue weighted by atomic mass is 10.2. The van der Waals surface area contributed by atoms with E-state index in [-0.39, 0.29) is 11.7 Å². The Labute approximate surface area is 192 Å². The second kappa shape index (κ2) is 9.76. The van der Waals surface area contributed by atoms with Crippen molar-refractivity contribution in [2.45, 2.75) is 5.16 Å². The molecule has 4 aromatic rings. The van der Waals surface area contributed by atoms with Crippen molar-refractivity contribution < 1.29 is 4.79 Å². The van der Waals surface area contributed by atoms with Crippen LogP contribution in [0.3, 0.4) is 0 Å². The molecule has 1 N–H and O–H groups in total. The number of benzene rings is 2. The molecule has 0 aliphatic heterocycles. The summed E-state index contributed by atoms with van der Waals surface area (Å²) in [4.78, 5) is 12.3. The largest absolute Gasteiger partial charge is 0.350 e. The van der Waals surface area contributed by atoms with Gasteiger partial charge in [-0.2, -0.15) is 5.10 Å². The first-order valence-electron chi connectivity index (χ1n) is 9.44. The molecule has 0 saturated carbocycles. The van der Waals surface area contributed by atoms with E-state index in [1.54, 1.807) is 6.21 Å². The van der Waals surface area contributed by atoms with Gasteiger partial charge in [0.1, 0.15) is 0 Å². The standard InChI is InChI=1S/C22H19BrN6OS/c1-28-13-5-8-19(28)14-24-25-20(30)15-31-22-27-26-21(16-9-11-17(23)12-10-16)29(22)18-6-3-2-4-7-18/h2-14H,15H2,1H3,(H,25,30). The molecule has 0 saturated heterocycles. The fourth-order valence-electron chi connectivity index (χ4n) is 2.90. The van der Waals surface area contributed by atoms with E-state index in [0.29, 0.717) is 11.0 Å². The minimum Gasteiger partial charge on any atom is -0.350 e. The van der Waals surface area contributed by atoms with E-state index in [0.717, 1.165) is 21.4 Å². The molecule has 2 aromatic carbocycles. The van der Waals surface area contributed by atoms with Crippen LogP contribution in [0.15, 0.2) is 87.7 Å². The topological polar surface area (TPSA) is 77.1 Å². The zero-order valence-electron chi connectivity index (χ0n) is 16.6. The van der Waals surface area contributed by atoms with Crippen molar-refractivity contribution in [3.63, 3.8) is 0 Å². The predicted molar refractivity (Wildman–Crippen MR) is 126 cm³/mol. The third-order valence-electron chi connectivity index (χ3n) is 4.45. The number of halogens is 1. The molecule has 156 valence electrons. The first-order chi connectivity index (χ1) is 15.1. The summed E-state index contributed by atoms with van der Waals surface area (Å²) in [6.45, 7) is 0. The molecule has 2 aromatic heterocycles. The van der Waals surface area contributed by atoms with Gasteiger partial charge in [-0.1, -0.05) is 58.0 Å². The van der Waals surface area contributed by atoms with Crippen LogP contribution in [0.4, 0.5) is 0 Å². The molecule has 7 nitrogen and oxygen atoms in total. The number of carbonyl (C=O) groups excluding carboxylic acids is 1. The fourth-order valence-corrected chi connectivity index (χ4v) is 3.91. The van der Waals surface area contributed by atoms with Crippen molar-refractivity contribution in [1.29, 1.82) is 0 Å². The Kier molecular flexibility index (Phi) is 6.63. The average Bonchev–Trinajstić information content (AvgIpc) is 3.39. The summed E-state index contributed by atoms with van der Waals surface area (Å²) in [6.07, 6.45) is 3.53. The van der Waals surface area contributed by atoms with Gasteiger partial charge in [0.2, 0.25) is 0 Å². The van der Waals surface area contributed by atoms with Crippen molar-refractivity contribution >= 4 is 39.8 Å². The molecule has 0 aliphatic rings. The maximum absolute atomic E-state index is 12.3. The highest BCUT2D eigenvalue weighted by molar-refractivity contribution is 9.10. The van der Waals surface area contributed by atoms with Gasteiger partial charge in [-0.05, 0) is 36.4 Å². The number of hydrogen-bond acceptors (Lipinski definition) is 5. The molecule has 0 spiro atoms. The summed E-state index contributed by atoms with van der Waals surface area (Å²) in [5.74, 6) is 0.655. The SMILES string of the molecule is Cn1cccc1C=NNC(=O)CSc1nnc(-c2ccc(Br)cc2)n1-c1ccccc1. The molecule has 0 aliphatic carbocycles. The van der Waals surface area contributed by atoms with Crippen LogP contribution < -0.4 is 5.43 Å². The number of hydrazone groups is 1. The van der Waals surface area contributed by atoms with Crippen molar-refractivity contribution in [3.05, 3.63) is 83.1 Å². The number of nitrogens with one attached hydrogen (secondary N) is 1. The summed E-state index contributed by atoms with van der Waals surface area (Å²) in [6, 6.07) is 21.6. The molecule has 9 heteroatoms. The summed E-state index contributed by atoms with van der Waals surface area (Å²) in [5.41, 5.74) is 5.31. The summed E-state index contributed by atoms with van der Waals surface area (Å²) in [7, 11) is 1.92.